The molecule has 130 valence electrons. The van der Waals surface area contributed by atoms with Gasteiger partial charge in [0.15, 0.2) is 0 Å². The number of carbonyl (C=O) groups excluding carboxylic acids is 3. The van der Waals surface area contributed by atoms with Gasteiger partial charge in [-0.15, -0.1) is 0 Å². The summed E-state index contributed by atoms with van der Waals surface area (Å²) in [6.07, 6.45) is 2.36. The number of benzene rings is 1. The summed E-state index contributed by atoms with van der Waals surface area (Å²) in [7, 11) is 0. The Morgan fingerprint density at radius 1 is 1.25 bits per heavy atom. The zero-order valence-corrected chi connectivity index (χ0v) is 14.7. The Morgan fingerprint density at radius 2 is 1.92 bits per heavy atom. The minimum absolute atomic E-state index is 0.0706. The van der Waals surface area contributed by atoms with Crippen molar-refractivity contribution in [3.8, 4) is 0 Å². The molecule has 6 nitrogen and oxygen atoms in total. The van der Waals surface area contributed by atoms with Gasteiger partial charge in [-0.25, -0.2) is 0 Å². The highest BCUT2D eigenvalue weighted by atomic mass is 35.5. The fraction of sp³-hybridized carbons (Fsp3) is 0.471. The number of amides is 3. The number of halogens is 1. The van der Waals surface area contributed by atoms with Crippen LogP contribution in [0.2, 0.25) is 5.02 Å². The SMILES string of the molecule is CCC(=O)Nc1ccc(C(=O)NC(C)C(=O)N2CCCC2)cc1Cl. The number of hydrogen-bond donors (Lipinski definition) is 2. The molecule has 1 fully saturated rings. The van der Waals surface area contributed by atoms with Crippen LogP contribution < -0.4 is 10.6 Å². The van der Waals surface area contributed by atoms with Gasteiger partial charge < -0.3 is 15.5 Å². The Labute approximate surface area is 146 Å². The van der Waals surface area contributed by atoms with Crippen molar-refractivity contribution in [3.63, 3.8) is 0 Å². The van der Waals surface area contributed by atoms with E-state index >= 15 is 0 Å². The number of nitrogens with zero attached hydrogens (tertiary/aromatic N) is 1. The van der Waals surface area contributed by atoms with E-state index in [0.717, 1.165) is 25.9 Å². The molecular weight excluding hydrogens is 330 g/mol. The third-order valence-electron chi connectivity index (χ3n) is 3.96. The summed E-state index contributed by atoms with van der Waals surface area (Å²) in [6, 6.07) is 4.04. The lowest BCUT2D eigenvalue weighted by Gasteiger charge is -2.21. The number of hydrogen-bond acceptors (Lipinski definition) is 3. The van der Waals surface area contributed by atoms with Crippen LogP contribution in [0.4, 0.5) is 5.69 Å². The monoisotopic (exact) mass is 351 g/mol. The molecule has 0 aliphatic carbocycles. The predicted octanol–water partition coefficient (Wildman–Crippen LogP) is 2.43. The zero-order chi connectivity index (χ0) is 17.7. The van der Waals surface area contributed by atoms with Crippen LogP contribution in [0.1, 0.15) is 43.5 Å². The van der Waals surface area contributed by atoms with Gasteiger partial charge in [-0.2, -0.15) is 0 Å². The molecular formula is C17H22ClN3O3. The molecule has 1 aromatic carbocycles. The van der Waals surface area contributed by atoms with E-state index < -0.39 is 6.04 Å². The summed E-state index contributed by atoms with van der Waals surface area (Å²) in [5.74, 6) is -0.594. The highest BCUT2D eigenvalue weighted by Crippen LogP contribution is 2.23. The van der Waals surface area contributed by atoms with E-state index in [1.54, 1.807) is 30.9 Å². The van der Waals surface area contributed by atoms with E-state index in [1.165, 1.54) is 6.07 Å². The maximum atomic E-state index is 12.3. The van der Waals surface area contributed by atoms with Crippen molar-refractivity contribution in [3.05, 3.63) is 28.8 Å². The normalized spacial score (nSPS) is 15.0. The van der Waals surface area contributed by atoms with Crippen LogP contribution in [0, 0.1) is 0 Å². The summed E-state index contributed by atoms with van der Waals surface area (Å²) in [5, 5.41) is 5.63. The largest absolute Gasteiger partial charge is 0.341 e. The van der Waals surface area contributed by atoms with Crippen LogP contribution >= 0.6 is 11.6 Å². The van der Waals surface area contributed by atoms with Gasteiger partial charge in [-0.3, -0.25) is 14.4 Å². The average molecular weight is 352 g/mol. The number of rotatable bonds is 5. The molecule has 0 radical (unpaired) electrons. The van der Waals surface area contributed by atoms with Gasteiger partial charge in [0.05, 0.1) is 10.7 Å². The number of likely N-dealkylation sites (tertiary alicyclic amines) is 1. The molecule has 0 saturated carbocycles. The highest BCUT2D eigenvalue weighted by Gasteiger charge is 2.24. The molecule has 24 heavy (non-hydrogen) atoms. The first-order chi connectivity index (χ1) is 11.4. The molecule has 3 amide bonds. The molecule has 1 aromatic rings. The fourth-order valence-electron chi connectivity index (χ4n) is 2.55. The molecule has 1 atom stereocenters. The predicted molar refractivity (Wildman–Crippen MR) is 93.1 cm³/mol. The zero-order valence-electron chi connectivity index (χ0n) is 13.9. The molecule has 1 aliphatic rings. The molecule has 1 aliphatic heterocycles. The number of nitrogens with one attached hydrogen (secondary N) is 2. The highest BCUT2D eigenvalue weighted by molar-refractivity contribution is 6.34. The number of carbonyl (C=O) groups is 3. The molecule has 0 aromatic heterocycles. The van der Waals surface area contributed by atoms with Crippen LogP contribution in [0.5, 0.6) is 0 Å². The van der Waals surface area contributed by atoms with Gasteiger partial charge in [0.25, 0.3) is 5.91 Å². The summed E-state index contributed by atoms with van der Waals surface area (Å²) in [5.41, 5.74) is 0.803. The van der Waals surface area contributed by atoms with Crippen molar-refractivity contribution in [2.75, 3.05) is 18.4 Å². The Hall–Kier alpha value is -2.08. The summed E-state index contributed by atoms with van der Waals surface area (Å²) in [6.45, 7) is 4.91. The van der Waals surface area contributed by atoms with Crippen molar-refractivity contribution in [2.45, 2.75) is 39.2 Å². The summed E-state index contributed by atoms with van der Waals surface area (Å²) >= 11 is 6.11. The number of anilines is 1. The Balaban J connectivity index is 2.00. The van der Waals surface area contributed by atoms with Crippen LogP contribution in [0.25, 0.3) is 0 Å². The molecule has 0 spiro atoms. The minimum Gasteiger partial charge on any atom is -0.341 e. The van der Waals surface area contributed by atoms with Crippen molar-refractivity contribution >= 4 is 35.0 Å². The van der Waals surface area contributed by atoms with E-state index in [-0.39, 0.29) is 22.7 Å². The molecule has 1 saturated heterocycles. The third-order valence-corrected chi connectivity index (χ3v) is 4.27. The van der Waals surface area contributed by atoms with E-state index in [9.17, 15) is 14.4 Å². The lowest BCUT2D eigenvalue weighted by atomic mass is 10.1. The fourth-order valence-corrected chi connectivity index (χ4v) is 2.78. The van der Waals surface area contributed by atoms with E-state index in [1.807, 2.05) is 0 Å². The Morgan fingerprint density at radius 3 is 2.50 bits per heavy atom. The second-order valence-electron chi connectivity index (χ2n) is 5.82. The third kappa shape index (κ3) is 4.47. The second kappa shape index (κ2) is 8.15. The topological polar surface area (TPSA) is 78.5 Å². The lowest BCUT2D eigenvalue weighted by molar-refractivity contribution is -0.131. The first kappa shape index (κ1) is 18.3. The smallest absolute Gasteiger partial charge is 0.251 e. The van der Waals surface area contributed by atoms with E-state index in [2.05, 4.69) is 10.6 Å². The lowest BCUT2D eigenvalue weighted by Crippen LogP contribution is -2.45. The van der Waals surface area contributed by atoms with Gasteiger partial charge in [-0.1, -0.05) is 18.5 Å². The van der Waals surface area contributed by atoms with Crippen LogP contribution in [0.15, 0.2) is 18.2 Å². The van der Waals surface area contributed by atoms with Crippen LogP contribution in [0.3, 0.4) is 0 Å². The Bertz CT molecular complexity index is 642. The first-order valence-electron chi connectivity index (χ1n) is 8.11. The summed E-state index contributed by atoms with van der Waals surface area (Å²) < 4.78 is 0. The minimum atomic E-state index is -0.589. The molecule has 1 heterocycles. The second-order valence-corrected chi connectivity index (χ2v) is 6.23. The van der Waals surface area contributed by atoms with Gasteiger partial charge in [0, 0.05) is 25.1 Å². The Kier molecular flexibility index (Phi) is 6.20. The molecule has 2 N–H and O–H groups in total. The van der Waals surface area contributed by atoms with Gasteiger partial charge in [0.2, 0.25) is 11.8 Å². The quantitative estimate of drug-likeness (QED) is 0.855. The summed E-state index contributed by atoms with van der Waals surface area (Å²) in [4.78, 5) is 37.7. The van der Waals surface area contributed by atoms with Crippen LogP contribution in [-0.2, 0) is 9.59 Å². The first-order valence-corrected chi connectivity index (χ1v) is 8.49. The van der Waals surface area contributed by atoms with Gasteiger partial charge >= 0.3 is 0 Å². The molecule has 0 bridgehead atoms. The standard InChI is InChI=1S/C17H22ClN3O3/c1-3-15(22)20-14-7-6-12(10-13(14)18)16(23)19-11(2)17(24)21-8-4-5-9-21/h6-7,10-11H,3-5,8-9H2,1-2H3,(H,19,23)(H,20,22). The molecule has 7 heteroatoms. The van der Waals surface area contributed by atoms with Crippen molar-refractivity contribution in [1.29, 1.82) is 0 Å². The van der Waals surface area contributed by atoms with E-state index in [0.29, 0.717) is 17.7 Å². The van der Waals surface area contributed by atoms with Crippen molar-refractivity contribution in [2.24, 2.45) is 0 Å². The average Bonchev–Trinajstić information content (AvgIpc) is 3.10. The van der Waals surface area contributed by atoms with Crippen molar-refractivity contribution < 1.29 is 14.4 Å². The maximum Gasteiger partial charge on any atom is 0.251 e. The van der Waals surface area contributed by atoms with Gasteiger partial charge in [0.1, 0.15) is 6.04 Å². The maximum absolute atomic E-state index is 12.3. The van der Waals surface area contributed by atoms with Crippen molar-refractivity contribution in [1.82, 2.24) is 10.2 Å². The van der Waals surface area contributed by atoms with Crippen LogP contribution in [-0.4, -0.2) is 41.8 Å². The van der Waals surface area contributed by atoms with E-state index in [4.69, 9.17) is 11.6 Å². The van der Waals surface area contributed by atoms with Gasteiger partial charge in [-0.05, 0) is 38.0 Å². The molecule has 2 rings (SSSR count). The molecule has 1 unspecified atom stereocenters.